The molecule has 1 rings (SSSR count). The predicted octanol–water partition coefficient (Wildman–Crippen LogP) is 3.21. The fourth-order valence-corrected chi connectivity index (χ4v) is 2.39. The summed E-state index contributed by atoms with van der Waals surface area (Å²) in [5.41, 5.74) is 0.389. The molecule has 1 amide bonds. The minimum atomic E-state index is -0.210. The van der Waals surface area contributed by atoms with Crippen LogP contribution in [0.2, 0.25) is 5.02 Å². The van der Waals surface area contributed by atoms with Crippen molar-refractivity contribution in [3.63, 3.8) is 0 Å². The summed E-state index contributed by atoms with van der Waals surface area (Å²) in [7, 11) is 0. The van der Waals surface area contributed by atoms with Crippen LogP contribution in [0.1, 0.15) is 24.2 Å². The van der Waals surface area contributed by atoms with Crippen LogP contribution in [0.5, 0.6) is 0 Å². The molecule has 0 bridgehead atoms. The summed E-state index contributed by atoms with van der Waals surface area (Å²) in [5, 5.41) is 3.56. The van der Waals surface area contributed by atoms with Crippen molar-refractivity contribution in [3.8, 4) is 0 Å². The fourth-order valence-electron chi connectivity index (χ4n) is 1.41. The number of halogens is 1. The van der Waals surface area contributed by atoms with Gasteiger partial charge >= 0.3 is 0 Å². The molecule has 1 aromatic rings. The minimum Gasteiger partial charge on any atom is -0.346 e. The number of rotatable bonds is 4. The number of amides is 1. The van der Waals surface area contributed by atoms with Crippen LogP contribution < -0.4 is 5.32 Å². The second-order valence-corrected chi connectivity index (χ2v) is 5.58. The first-order chi connectivity index (χ1) is 7.44. The lowest BCUT2D eigenvalue weighted by molar-refractivity contribution is 0.0921. The Morgan fingerprint density at radius 1 is 1.50 bits per heavy atom. The van der Waals surface area contributed by atoms with Crippen LogP contribution in [0.3, 0.4) is 0 Å². The first kappa shape index (κ1) is 13.4. The molecule has 0 aliphatic heterocycles. The molecule has 0 unspecified atom stereocenters. The Labute approximate surface area is 106 Å². The van der Waals surface area contributed by atoms with E-state index in [-0.39, 0.29) is 11.4 Å². The van der Waals surface area contributed by atoms with Crippen molar-refractivity contribution in [2.45, 2.75) is 19.4 Å². The molecule has 0 fully saturated rings. The van der Waals surface area contributed by atoms with E-state index in [9.17, 15) is 4.79 Å². The lowest BCUT2D eigenvalue weighted by Crippen LogP contribution is -2.45. The summed E-state index contributed by atoms with van der Waals surface area (Å²) in [6.07, 6.45) is 2.02. The van der Waals surface area contributed by atoms with Crippen molar-refractivity contribution in [2.24, 2.45) is 0 Å². The molecule has 0 atom stereocenters. The monoisotopic (exact) mass is 257 g/mol. The average Bonchev–Trinajstić information content (AvgIpc) is 2.16. The highest BCUT2D eigenvalue weighted by Crippen LogP contribution is 2.14. The quantitative estimate of drug-likeness (QED) is 0.898. The Bertz CT molecular complexity index is 379. The zero-order valence-corrected chi connectivity index (χ0v) is 11.3. The van der Waals surface area contributed by atoms with Gasteiger partial charge in [-0.1, -0.05) is 17.7 Å². The maximum absolute atomic E-state index is 11.9. The number of benzene rings is 1. The lowest BCUT2D eigenvalue weighted by Gasteiger charge is -2.25. The SMILES string of the molecule is CSCC(C)(C)NC(=O)c1cccc(Cl)c1. The zero-order chi connectivity index (χ0) is 12.2. The number of hydrogen-bond acceptors (Lipinski definition) is 2. The van der Waals surface area contributed by atoms with Gasteiger partial charge in [0.2, 0.25) is 0 Å². The fraction of sp³-hybridized carbons (Fsp3) is 0.417. The maximum atomic E-state index is 11.9. The van der Waals surface area contributed by atoms with Gasteiger partial charge in [-0.2, -0.15) is 11.8 Å². The number of carbonyl (C=O) groups is 1. The van der Waals surface area contributed by atoms with Gasteiger partial charge in [-0.3, -0.25) is 4.79 Å². The molecule has 0 aliphatic carbocycles. The summed E-state index contributed by atoms with van der Waals surface area (Å²) in [6, 6.07) is 6.96. The van der Waals surface area contributed by atoms with Crippen molar-refractivity contribution in [1.82, 2.24) is 5.32 Å². The summed E-state index contributed by atoms with van der Waals surface area (Å²) in [6.45, 7) is 4.01. The van der Waals surface area contributed by atoms with Gasteiger partial charge in [-0.05, 0) is 38.3 Å². The third-order valence-corrected chi connectivity index (χ3v) is 3.29. The van der Waals surface area contributed by atoms with Gasteiger partial charge in [0.1, 0.15) is 0 Å². The van der Waals surface area contributed by atoms with E-state index in [1.807, 2.05) is 20.1 Å². The molecule has 2 nitrogen and oxygen atoms in total. The van der Waals surface area contributed by atoms with Gasteiger partial charge in [0.05, 0.1) is 0 Å². The van der Waals surface area contributed by atoms with Crippen molar-refractivity contribution in [2.75, 3.05) is 12.0 Å². The van der Waals surface area contributed by atoms with Crippen molar-refractivity contribution >= 4 is 29.3 Å². The highest BCUT2D eigenvalue weighted by Gasteiger charge is 2.20. The maximum Gasteiger partial charge on any atom is 0.251 e. The third-order valence-electron chi connectivity index (χ3n) is 2.04. The van der Waals surface area contributed by atoms with E-state index < -0.39 is 0 Å². The third kappa shape index (κ3) is 4.06. The molecule has 0 aliphatic rings. The van der Waals surface area contributed by atoms with Gasteiger partial charge in [0, 0.05) is 21.9 Å². The average molecular weight is 258 g/mol. The molecule has 0 aromatic heterocycles. The summed E-state index contributed by atoms with van der Waals surface area (Å²) in [4.78, 5) is 11.9. The molecule has 1 aromatic carbocycles. The molecular formula is C12H16ClNOS. The van der Waals surface area contributed by atoms with E-state index in [0.717, 1.165) is 5.75 Å². The summed E-state index contributed by atoms with van der Waals surface area (Å²) < 4.78 is 0. The standard InChI is InChI=1S/C12H16ClNOS/c1-12(2,8-16-3)14-11(15)9-5-4-6-10(13)7-9/h4-7H,8H2,1-3H3,(H,14,15). The molecular weight excluding hydrogens is 242 g/mol. The molecule has 16 heavy (non-hydrogen) atoms. The van der Waals surface area contributed by atoms with E-state index in [1.165, 1.54) is 0 Å². The Morgan fingerprint density at radius 3 is 2.75 bits per heavy atom. The molecule has 0 saturated carbocycles. The Hall–Kier alpha value is -0.670. The van der Waals surface area contributed by atoms with Crippen LogP contribution in [-0.4, -0.2) is 23.5 Å². The van der Waals surface area contributed by atoms with E-state index in [4.69, 9.17) is 11.6 Å². The van der Waals surface area contributed by atoms with Gasteiger partial charge in [0.25, 0.3) is 5.91 Å². The van der Waals surface area contributed by atoms with Crippen LogP contribution in [-0.2, 0) is 0 Å². The smallest absolute Gasteiger partial charge is 0.251 e. The van der Waals surface area contributed by atoms with Gasteiger partial charge < -0.3 is 5.32 Å². The Kier molecular flexibility index (Phi) is 4.69. The van der Waals surface area contributed by atoms with Gasteiger partial charge in [-0.25, -0.2) is 0 Å². The molecule has 88 valence electrons. The molecule has 0 saturated heterocycles. The Balaban J connectivity index is 2.72. The van der Waals surface area contributed by atoms with E-state index in [0.29, 0.717) is 10.6 Å². The lowest BCUT2D eigenvalue weighted by atomic mass is 10.1. The van der Waals surface area contributed by atoms with E-state index >= 15 is 0 Å². The second kappa shape index (κ2) is 5.60. The summed E-state index contributed by atoms with van der Waals surface area (Å²) in [5.74, 6) is 0.792. The first-order valence-corrected chi connectivity index (χ1v) is 6.79. The van der Waals surface area contributed by atoms with Crippen LogP contribution in [0, 0.1) is 0 Å². The molecule has 0 radical (unpaired) electrons. The normalized spacial score (nSPS) is 11.2. The van der Waals surface area contributed by atoms with Crippen LogP contribution >= 0.6 is 23.4 Å². The van der Waals surface area contributed by atoms with Crippen molar-refractivity contribution in [1.29, 1.82) is 0 Å². The van der Waals surface area contributed by atoms with Gasteiger partial charge in [-0.15, -0.1) is 0 Å². The molecule has 4 heteroatoms. The second-order valence-electron chi connectivity index (χ2n) is 4.28. The zero-order valence-electron chi connectivity index (χ0n) is 9.71. The minimum absolute atomic E-state index is 0.0819. The van der Waals surface area contributed by atoms with Gasteiger partial charge in [0.15, 0.2) is 0 Å². The highest BCUT2D eigenvalue weighted by molar-refractivity contribution is 7.98. The topological polar surface area (TPSA) is 29.1 Å². The van der Waals surface area contributed by atoms with Crippen LogP contribution in [0.15, 0.2) is 24.3 Å². The molecule has 0 spiro atoms. The predicted molar refractivity (Wildman–Crippen MR) is 71.4 cm³/mol. The van der Waals surface area contributed by atoms with Crippen molar-refractivity contribution < 1.29 is 4.79 Å². The van der Waals surface area contributed by atoms with Crippen LogP contribution in [0.4, 0.5) is 0 Å². The first-order valence-electron chi connectivity index (χ1n) is 5.01. The summed E-state index contributed by atoms with van der Waals surface area (Å²) >= 11 is 7.55. The van der Waals surface area contributed by atoms with E-state index in [2.05, 4.69) is 5.32 Å². The number of hydrogen-bond donors (Lipinski definition) is 1. The van der Waals surface area contributed by atoms with E-state index in [1.54, 1.807) is 36.0 Å². The van der Waals surface area contributed by atoms with Crippen molar-refractivity contribution in [3.05, 3.63) is 34.9 Å². The largest absolute Gasteiger partial charge is 0.346 e. The number of carbonyl (C=O) groups excluding carboxylic acids is 1. The number of thioether (sulfide) groups is 1. The highest BCUT2D eigenvalue weighted by atomic mass is 35.5. The number of nitrogens with one attached hydrogen (secondary N) is 1. The Morgan fingerprint density at radius 2 is 2.19 bits per heavy atom. The van der Waals surface area contributed by atoms with Crippen LogP contribution in [0.25, 0.3) is 0 Å². The molecule has 0 heterocycles. The molecule has 1 N–H and O–H groups in total.